The van der Waals surface area contributed by atoms with Gasteiger partial charge < -0.3 is 4.74 Å². The normalized spacial score (nSPS) is 11.4. The van der Waals surface area contributed by atoms with E-state index in [0.29, 0.717) is 10.6 Å². The SMILES string of the molecule is CCOC(=O)CCCN(Cc1ccccc1Cl)S(=O)(=O)c1cccc([N+](=O)[O-])c1. The molecular formula is C19H21ClN2O6S. The van der Waals surface area contributed by atoms with Crippen molar-refractivity contribution in [2.45, 2.75) is 31.2 Å². The molecule has 0 aliphatic rings. The van der Waals surface area contributed by atoms with Crippen LogP contribution >= 0.6 is 11.6 Å². The predicted molar refractivity (Wildman–Crippen MR) is 108 cm³/mol. The van der Waals surface area contributed by atoms with Gasteiger partial charge in [-0.2, -0.15) is 4.31 Å². The monoisotopic (exact) mass is 440 g/mol. The molecule has 0 saturated heterocycles. The van der Waals surface area contributed by atoms with Crippen molar-refractivity contribution in [3.8, 4) is 0 Å². The molecule has 0 aliphatic carbocycles. The van der Waals surface area contributed by atoms with E-state index in [-0.39, 0.29) is 43.1 Å². The highest BCUT2D eigenvalue weighted by molar-refractivity contribution is 7.89. The molecule has 0 unspecified atom stereocenters. The number of carbonyl (C=O) groups excluding carboxylic acids is 1. The molecule has 2 aromatic rings. The molecule has 156 valence electrons. The van der Waals surface area contributed by atoms with Crippen molar-refractivity contribution in [2.24, 2.45) is 0 Å². The minimum Gasteiger partial charge on any atom is -0.466 e. The Morgan fingerprint density at radius 2 is 1.93 bits per heavy atom. The number of hydrogen-bond donors (Lipinski definition) is 0. The van der Waals surface area contributed by atoms with Gasteiger partial charge in [0.2, 0.25) is 10.0 Å². The van der Waals surface area contributed by atoms with Crippen LogP contribution in [0.2, 0.25) is 5.02 Å². The fraction of sp³-hybridized carbons (Fsp3) is 0.316. The molecule has 29 heavy (non-hydrogen) atoms. The second kappa shape index (κ2) is 10.3. The minimum atomic E-state index is -4.06. The van der Waals surface area contributed by atoms with Crippen molar-refractivity contribution >= 4 is 33.3 Å². The first-order chi connectivity index (χ1) is 13.8. The number of hydrogen-bond acceptors (Lipinski definition) is 6. The number of sulfonamides is 1. The Kier molecular flexibility index (Phi) is 8.12. The molecular weight excluding hydrogens is 420 g/mol. The molecule has 0 spiro atoms. The van der Waals surface area contributed by atoms with E-state index in [1.807, 2.05) is 0 Å². The van der Waals surface area contributed by atoms with Crippen molar-refractivity contribution < 1.29 is 22.9 Å². The molecule has 0 bridgehead atoms. The van der Waals surface area contributed by atoms with E-state index in [9.17, 15) is 23.3 Å². The number of non-ortho nitro benzene ring substituents is 1. The number of halogens is 1. The smallest absolute Gasteiger partial charge is 0.305 e. The van der Waals surface area contributed by atoms with Gasteiger partial charge in [0.15, 0.2) is 0 Å². The van der Waals surface area contributed by atoms with Gasteiger partial charge in [-0.1, -0.05) is 35.9 Å². The van der Waals surface area contributed by atoms with Crippen molar-refractivity contribution in [1.82, 2.24) is 4.31 Å². The van der Waals surface area contributed by atoms with Crippen LogP contribution in [0.3, 0.4) is 0 Å². The van der Waals surface area contributed by atoms with Gasteiger partial charge in [0, 0.05) is 36.7 Å². The Bertz CT molecular complexity index is 980. The summed E-state index contributed by atoms with van der Waals surface area (Å²) in [6.07, 6.45) is 0.286. The van der Waals surface area contributed by atoms with Gasteiger partial charge >= 0.3 is 5.97 Å². The Labute approximate surface area is 174 Å². The molecule has 0 fully saturated rings. The van der Waals surface area contributed by atoms with Crippen LogP contribution in [0.25, 0.3) is 0 Å². The molecule has 0 amide bonds. The average Bonchev–Trinajstić information content (AvgIpc) is 2.69. The number of esters is 1. The lowest BCUT2D eigenvalue weighted by Gasteiger charge is -2.22. The number of ether oxygens (including phenoxy) is 1. The van der Waals surface area contributed by atoms with Crippen LogP contribution in [0.4, 0.5) is 5.69 Å². The average molecular weight is 441 g/mol. The van der Waals surface area contributed by atoms with Gasteiger partial charge in [-0.05, 0) is 31.0 Å². The molecule has 10 heteroatoms. The Balaban J connectivity index is 2.31. The lowest BCUT2D eigenvalue weighted by Crippen LogP contribution is -2.32. The van der Waals surface area contributed by atoms with Crippen LogP contribution < -0.4 is 0 Å². The van der Waals surface area contributed by atoms with Gasteiger partial charge in [0.25, 0.3) is 5.69 Å². The zero-order chi connectivity index (χ0) is 21.4. The summed E-state index contributed by atoms with van der Waals surface area (Å²) in [5.74, 6) is -0.419. The van der Waals surface area contributed by atoms with Crippen molar-refractivity contribution in [2.75, 3.05) is 13.2 Å². The molecule has 2 aromatic carbocycles. The van der Waals surface area contributed by atoms with E-state index in [1.165, 1.54) is 18.2 Å². The number of nitro groups is 1. The summed E-state index contributed by atoms with van der Waals surface area (Å²) in [6.45, 7) is 1.92. The molecule has 0 radical (unpaired) electrons. The molecule has 0 N–H and O–H groups in total. The maximum atomic E-state index is 13.2. The zero-order valence-electron chi connectivity index (χ0n) is 15.8. The van der Waals surface area contributed by atoms with Gasteiger partial charge in [-0.15, -0.1) is 0 Å². The highest BCUT2D eigenvalue weighted by Gasteiger charge is 2.27. The number of benzene rings is 2. The summed E-state index contributed by atoms with van der Waals surface area (Å²) in [5.41, 5.74) is 0.259. The summed E-state index contributed by atoms with van der Waals surface area (Å²) >= 11 is 6.17. The van der Waals surface area contributed by atoms with Gasteiger partial charge in [0.1, 0.15) is 0 Å². The minimum absolute atomic E-state index is 0.0229. The third-order valence-electron chi connectivity index (χ3n) is 4.06. The lowest BCUT2D eigenvalue weighted by atomic mass is 10.2. The topological polar surface area (TPSA) is 107 Å². The predicted octanol–water partition coefficient (Wildman–Crippen LogP) is 3.78. The Morgan fingerprint density at radius 1 is 1.21 bits per heavy atom. The van der Waals surface area contributed by atoms with Crippen LogP contribution in [0.15, 0.2) is 53.4 Å². The van der Waals surface area contributed by atoms with Crippen molar-refractivity contribution in [3.05, 3.63) is 69.2 Å². The molecule has 0 atom stereocenters. The highest BCUT2D eigenvalue weighted by Crippen LogP contribution is 2.25. The maximum Gasteiger partial charge on any atom is 0.305 e. The maximum absolute atomic E-state index is 13.2. The van der Waals surface area contributed by atoms with E-state index in [2.05, 4.69) is 0 Å². The van der Waals surface area contributed by atoms with Crippen LogP contribution in [0.5, 0.6) is 0 Å². The first kappa shape index (κ1) is 22.8. The second-order valence-corrected chi connectivity index (χ2v) is 8.44. The molecule has 0 aromatic heterocycles. The second-order valence-electron chi connectivity index (χ2n) is 6.09. The van der Waals surface area contributed by atoms with Crippen LogP contribution in [0, 0.1) is 10.1 Å². The van der Waals surface area contributed by atoms with Crippen LogP contribution in [-0.4, -0.2) is 36.8 Å². The van der Waals surface area contributed by atoms with Gasteiger partial charge in [-0.25, -0.2) is 8.42 Å². The number of nitro benzene ring substituents is 1. The largest absolute Gasteiger partial charge is 0.466 e. The highest BCUT2D eigenvalue weighted by atomic mass is 35.5. The fourth-order valence-corrected chi connectivity index (χ4v) is 4.33. The third-order valence-corrected chi connectivity index (χ3v) is 6.27. The van der Waals surface area contributed by atoms with Gasteiger partial charge in [0.05, 0.1) is 16.4 Å². The fourth-order valence-electron chi connectivity index (χ4n) is 2.64. The summed E-state index contributed by atoms with van der Waals surface area (Å²) in [6, 6.07) is 11.7. The summed E-state index contributed by atoms with van der Waals surface area (Å²) in [5, 5.41) is 11.4. The van der Waals surface area contributed by atoms with Crippen molar-refractivity contribution in [1.29, 1.82) is 0 Å². The first-order valence-electron chi connectivity index (χ1n) is 8.89. The van der Waals surface area contributed by atoms with E-state index in [0.717, 1.165) is 10.4 Å². The van der Waals surface area contributed by atoms with Gasteiger partial charge in [-0.3, -0.25) is 14.9 Å². The molecule has 0 heterocycles. The summed E-state index contributed by atoms with van der Waals surface area (Å²) in [7, 11) is -4.06. The van der Waals surface area contributed by atoms with Crippen LogP contribution in [0.1, 0.15) is 25.3 Å². The molecule has 2 rings (SSSR count). The molecule has 0 saturated carbocycles. The van der Waals surface area contributed by atoms with Crippen LogP contribution in [-0.2, 0) is 26.1 Å². The zero-order valence-corrected chi connectivity index (χ0v) is 17.4. The van der Waals surface area contributed by atoms with E-state index in [1.54, 1.807) is 31.2 Å². The van der Waals surface area contributed by atoms with Crippen molar-refractivity contribution in [3.63, 3.8) is 0 Å². The van der Waals surface area contributed by atoms with E-state index < -0.39 is 20.9 Å². The first-order valence-corrected chi connectivity index (χ1v) is 10.7. The number of rotatable bonds is 10. The number of nitrogens with zero attached hydrogens (tertiary/aromatic N) is 2. The number of carbonyl (C=O) groups is 1. The lowest BCUT2D eigenvalue weighted by molar-refractivity contribution is -0.385. The quantitative estimate of drug-likeness (QED) is 0.316. The Hall–Kier alpha value is -2.49. The standard InChI is InChI=1S/C19H21ClN2O6S/c1-2-28-19(23)11-6-12-21(14-15-7-3-4-10-18(15)20)29(26,27)17-9-5-8-16(13-17)22(24)25/h3-5,7-10,13H,2,6,11-12,14H2,1H3. The summed E-state index contributed by atoms with van der Waals surface area (Å²) in [4.78, 5) is 21.8. The summed E-state index contributed by atoms with van der Waals surface area (Å²) < 4.78 is 32.4. The Morgan fingerprint density at radius 3 is 2.59 bits per heavy atom. The van der Waals surface area contributed by atoms with E-state index in [4.69, 9.17) is 16.3 Å². The molecule has 8 nitrogen and oxygen atoms in total. The molecule has 0 aliphatic heterocycles. The third kappa shape index (κ3) is 6.25. The van der Waals surface area contributed by atoms with E-state index >= 15 is 0 Å².